The Hall–Kier alpha value is -3.70. The Balaban J connectivity index is 1.43. The number of likely N-dealkylation sites (N-methyl/N-ethyl adjacent to an activating group) is 1. The van der Waals surface area contributed by atoms with Gasteiger partial charge in [0.1, 0.15) is 11.4 Å². The number of alkyl halides is 3. The van der Waals surface area contributed by atoms with Gasteiger partial charge in [0.2, 0.25) is 11.9 Å². The number of pyridine rings is 1. The number of carbonyl (C=O) groups is 1. The minimum Gasteiger partial charge on any atom is -0.350 e. The lowest BCUT2D eigenvalue weighted by Gasteiger charge is -2.27. The number of carbonyl (C=O) groups excluding carboxylic acids is 1. The Morgan fingerprint density at radius 2 is 1.94 bits per heavy atom. The van der Waals surface area contributed by atoms with Crippen LogP contribution in [0.3, 0.4) is 0 Å². The Bertz CT molecular complexity index is 1170. The number of amides is 1. The van der Waals surface area contributed by atoms with Gasteiger partial charge in [0, 0.05) is 31.0 Å². The van der Waals surface area contributed by atoms with Crippen molar-refractivity contribution in [3.05, 3.63) is 52.7 Å². The zero-order chi connectivity index (χ0) is 23.0. The van der Waals surface area contributed by atoms with Gasteiger partial charge in [-0.15, -0.1) is 0 Å². The summed E-state index contributed by atoms with van der Waals surface area (Å²) in [6.07, 6.45) is -1.01. The molecular formula is C20H21F3N8O. The van der Waals surface area contributed by atoms with Crippen molar-refractivity contribution in [3.63, 3.8) is 0 Å². The third kappa shape index (κ3) is 4.48. The van der Waals surface area contributed by atoms with Crippen LogP contribution in [0.5, 0.6) is 0 Å². The average molecular weight is 446 g/mol. The van der Waals surface area contributed by atoms with Gasteiger partial charge in [0.25, 0.3) is 0 Å². The van der Waals surface area contributed by atoms with Gasteiger partial charge in [0.05, 0.1) is 25.0 Å². The summed E-state index contributed by atoms with van der Waals surface area (Å²) in [6, 6.07) is 2.40. The maximum absolute atomic E-state index is 12.8. The van der Waals surface area contributed by atoms with Crippen molar-refractivity contribution in [2.45, 2.75) is 33.1 Å². The molecule has 168 valence electrons. The van der Waals surface area contributed by atoms with Crippen molar-refractivity contribution in [1.82, 2.24) is 24.7 Å². The average Bonchev–Trinajstić information content (AvgIpc) is 3.15. The summed E-state index contributed by atoms with van der Waals surface area (Å²) in [5, 5.41) is 10.2. The molecule has 2 N–H and O–H groups in total. The number of hydrogen-bond acceptors (Lipinski definition) is 7. The number of nitrogens with one attached hydrogen (secondary N) is 2. The van der Waals surface area contributed by atoms with Crippen molar-refractivity contribution in [2.24, 2.45) is 0 Å². The molecule has 1 aliphatic rings. The lowest BCUT2D eigenvalue weighted by molar-refractivity contribution is -0.141. The third-order valence-corrected chi connectivity index (χ3v) is 5.03. The summed E-state index contributed by atoms with van der Waals surface area (Å²) >= 11 is 0. The molecule has 12 heteroatoms. The number of rotatable bonds is 5. The van der Waals surface area contributed by atoms with E-state index in [0.29, 0.717) is 47.5 Å². The van der Waals surface area contributed by atoms with E-state index in [2.05, 4.69) is 30.7 Å². The summed E-state index contributed by atoms with van der Waals surface area (Å²) in [5.74, 6) is 0.943. The lowest BCUT2D eigenvalue weighted by Crippen LogP contribution is -2.36. The van der Waals surface area contributed by atoms with Crippen LogP contribution in [0.25, 0.3) is 0 Å². The molecule has 0 fully saturated rings. The van der Waals surface area contributed by atoms with Crippen LogP contribution in [0, 0.1) is 13.8 Å². The summed E-state index contributed by atoms with van der Waals surface area (Å²) in [4.78, 5) is 26.0. The number of anilines is 3. The maximum atomic E-state index is 12.8. The zero-order valence-corrected chi connectivity index (χ0v) is 17.7. The molecule has 0 aromatic carbocycles. The predicted octanol–water partition coefficient (Wildman–Crippen LogP) is 2.75. The molecule has 32 heavy (non-hydrogen) atoms. The fraction of sp³-hybridized carbons (Fsp3) is 0.350. The highest BCUT2D eigenvalue weighted by atomic mass is 19.4. The number of nitrogens with zero attached hydrogens (tertiary/aromatic N) is 6. The van der Waals surface area contributed by atoms with Crippen molar-refractivity contribution in [2.75, 3.05) is 29.1 Å². The van der Waals surface area contributed by atoms with Crippen LogP contribution >= 0.6 is 0 Å². The molecule has 4 heterocycles. The number of hydrogen-bond donors (Lipinski definition) is 2. The van der Waals surface area contributed by atoms with E-state index < -0.39 is 11.9 Å². The molecule has 3 aromatic heterocycles. The second-order valence-corrected chi connectivity index (χ2v) is 7.57. The van der Waals surface area contributed by atoms with Crippen LogP contribution in [-0.4, -0.2) is 44.2 Å². The largest absolute Gasteiger partial charge is 0.433 e. The first-order valence-electron chi connectivity index (χ1n) is 9.78. The maximum Gasteiger partial charge on any atom is 0.433 e. The summed E-state index contributed by atoms with van der Waals surface area (Å²) in [5.41, 5.74) is 2.15. The van der Waals surface area contributed by atoms with E-state index in [4.69, 9.17) is 0 Å². The van der Waals surface area contributed by atoms with E-state index in [9.17, 15) is 18.0 Å². The number of aromatic nitrogens is 5. The Kier molecular flexibility index (Phi) is 5.45. The minimum atomic E-state index is -4.47. The fourth-order valence-corrected chi connectivity index (χ4v) is 3.38. The van der Waals surface area contributed by atoms with Gasteiger partial charge in [-0.25, -0.2) is 9.97 Å². The molecule has 0 unspecified atom stereocenters. The Morgan fingerprint density at radius 3 is 2.66 bits per heavy atom. The van der Waals surface area contributed by atoms with Gasteiger partial charge >= 0.3 is 6.18 Å². The van der Waals surface area contributed by atoms with Gasteiger partial charge in [-0.1, -0.05) is 6.07 Å². The monoisotopic (exact) mass is 446 g/mol. The van der Waals surface area contributed by atoms with E-state index in [-0.39, 0.29) is 12.5 Å². The molecule has 0 saturated carbocycles. The quantitative estimate of drug-likeness (QED) is 0.622. The van der Waals surface area contributed by atoms with Crippen LogP contribution in [-0.2, 0) is 24.1 Å². The van der Waals surface area contributed by atoms with Crippen molar-refractivity contribution in [1.29, 1.82) is 0 Å². The smallest absolute Gasteiger partial charge is 0.350 e. The third-order valence-electron chi connectivity index (χ3n) is 5.03. The van der Waals surface area contributed by atoms with Crippen LogP contribution in [0.1, 0.15) is 28.2 Å². The molecule has 0 radical (unpaired) electrons. The molecule has 9 nitrogen and oxygen atoms in total. The SMILES string of the molecule is Cc1nc(C(F)(F)F)ccc1Cn1cc(CNc2nc(C)c3c(n2)N(C)CC(=O)N3)cn1. The highest BCUT2D eigenvalue weighted by Gasteiger charge is 2.32. The molecule has 3 aromatic rings. The van der Waals surface area contributed by atoms with E-state index in [1.165, 1.54) is 6.07 Å². The highest BCUT2D eigenvalue weighted by molar-refractivity contribution is 6.00. The first-order valence-corrected chi connectivity index (χ1v) is 9.78. The van der Waals surface area contributed by atoms with Crippen molar-refractivity contribution in [3.8, 4) is 0 Å². The Labute approximate surface area is 181 Å². The number of aryl methyl sites for hydroxylation is 2. The van der Waals surface area contributed by atoms with Crippen LogP contribution in [0.4, 0.5) is 30.6 Å². The van der Waals surface area contributed by atoms with E-state index >= 15 is 0 Å². The molecule has 1 amide bonds. The summed E-state index contributed by atoms with van der Waals surface area (Å²) in [6.45, 7) is 4.26. The zero-order valence-electron chi connectivity index (χ0n) is 17.7. The summed E-state index contributed by atoms with van der Waals surface area (Å²) < 4.78 is 40.0. The predicted molar refractivity (Wildman–Crippen MR) is 111 cm³/mol. The molecule has 0 aliphatic carbocycles. The second-order valence-electron chi connectivity index (χ2n) is 7.57. The lowest BCUT2D eigenvalue weighted by atomic mass is 10.2. The Morgan fingerprint density at radius 1 is 1.16 bits per heavy atom. The molecule has 0 atom stereocenters. The summed E-state index contributed by atoms with van der Waals surface area (Å²) in [7, 11) is 1.79. The van der Waals surface area contributed by atoms with Gasteiger partial charge in [-0.05, 0) is 25.5 Å². The van der Waals surface area contributed by atoms with Crippen LogP contribution < -0.4 is 15.5 Å². The van der Waals surface area contributed by atoms with Gasteiger partial charge in [-0.3, -0.25) is 9.48 Å². The molecule has 0 spiro atoms. The number of fused-ring (bicyclic) bond motifs is 1. The highest BCUT2D eigenvalue weighted by Crippen LogP contribution is 2.30. The molecular weight excluding hydrogens is 425 g/mol. The normalized spacial score (nSPS) is 13.7. The van der Waals surface area contributed by atoms with E-state index in [0.717, 1.165) is 11.6 Å². The van der Waals surface area contributed by atoms with Gasteiger partial charge < -0.3 is 15.5 Å². The molecule has 0 bridgehead atoms. The fourth-order valence-electron chi connectivity index (χ4n) is 3.38. The van der Waals surface area contributed by atoms with Crippen molar-refractivity contribution < 1.29 is 18.0 Å². The standard InChI is InChI=1S/C20H21F3N8O/c1-11-14(4-5-15(26-11)20(21,22)23)9-31-8-13(7-25-31)6-24-19-27-12(2)17-18(29-19)30(3)10-16(32)28-17/h4-5,7-8H,6,9-10H2,1-3H3,(H,28,32)(H,24,27,29). The minimum absolute atomic E-state index is 0.113. The van der Waals surface area contributed by atoms with Gasteiger partial charge in [-0.2, -0.15) is 23.3 Å². The second kappa shape index (κ2) is 8.09. The van der Waals surface area contributed by atoms with E-state index in [1.54, 1.807) is 42.9 Å². The number of halogens is 3. The molecule has 0 saturated heterocycles. The van der Waals surface area contributed by atoms with Gasteiger partial charge in [0.15, 0.2) is 5.82 Å². The molecule has 4 rings (SSSR count). The topological polar surface area (TPSA) is 101 Å². The first kappa shape index (κ1) is 21.5. The molecule has 1 aliphatic heterocycles. The van der Waals surface area contributed by atoms with E-state index in [1.807, 2.05) is 0 Å². The van der Waals surface area contributed by atoms with Crippen molar-refractivity contribution >= 4 is 23.4 Å². The van der Waals surface area contributed by atoms with Crippen LogP contribution in [0.2, 0.25) is 0 Å². The first-order chi connectivity index (χ1) is 15.1. The van der Waals surface area contributed by atoms with Crippen LogP contribution in [0.15, 0.2) is 24.5 Å².